The molecule has 0 saturated heterocycles. The first-order valence-electron chi connectivity index (χ1n) is 8.77. The van der Waals surface area contributed by atoms with Crippen LogP contribution in [0.1, 0.15) is 42.6 Å². The van der Waals surface area contributed by atoms with Gasteiger partial charge in [-0.3, -0.25) is 9.59 Å². The summed E-state index contributed by atoms with van der Waals surface area (Å²) in [6.45, 7) is 5.89. The summed E-state index contributed by atoms with van der Waals surface area (Å²) >= 11 is 6.18. The average Bonchev–Trinajstić information content (AvgIpc) is 2.61. The number of halogens is 1. The van der Waals surface area contributed by atoms with Crippen molar-refractivity contribution in [3.05, 3.63) is 58.6 Å². The molecule has 0 aliphatic heterocycles. The Hall–Kier alpha value is -2.53. The van der Waals surface area contributed by atoms with Crippen molar-refractivity contribution >= 4 is 29.1 Å². The first kappa shape index (κ1) is 20.8. The molecule has 2 aromatic carbocycles. The predicted octanol–water partition coefficient (Wildman–Crippen LogP) is 4.57. The van der Waals surface area contributed by atoms with Gasteiger partial charge in [-0.1, -0.05) is 37.6 Å². The molecule has 0 aliphatic carbocycles. The molecule has 0 spiro atoms. The Labute approximate surface area is 165 Å². The fourth-order valence-corrected chi connectivity index (χ4v) is 2.72. The zero-order valence-corrected chi connectivity index (χ0v) is 17.0. The van der Waals surface area contributed by atoms with E-state index in [0.717, 1.165) is 5.56 Å². The highest BCUT2D eigenvalue weighted by atomic mass is 35.5. The number of carbonyl (C=O) groups excluding carboxylic acids is 2. The molecule has 144 valence electrons. The lowest BCUT2D eigenvalue weighted by molar-refractivity contribution is -0.122. The number of nitrogens with one attached hydrogen (secondary N) is 1. The van der Waals surface area contributed by atoms with E-state index in [1.807, 2.05) is 24.3 Å². The molecule has 0 aliphatic rings. The monoisotopic (exact) mass is 388 g/mol. The molecule has 1 atom stereocenters. The number of carbonyl (C=O) groups is 2. The minimum absolute atomic E-state index is 0.195. The van der Waals surface area contributed by atoms with Crippen molar-refractivity contribution in [2.75, 3.05) is 19.4 Å². The van der Waals surface area contributed by atoms with Gasteiger partial charge in [0, 0.05) is 19.8 Å². The summed E-state index contributed by atoms with van der Waals surface area (Å²) in [4.78, 5) is 25.9. The van der Waals surface area contributed by atoms with Gasteiger partial charge in [0.2, 0.25) is 0 Å². The number of hydrogen-bond acceptors (Lipinski definition) is 3. The Morgan fingerprint density at radius 3 is 2.37 bits per heavy atom. The molecular weight excluding hydrogens is 364 g/mol. The van der Waals surface area contributed by atoms with Gasteiger partial charge in [-0.2, -0.15) is 0 Å². The van der Waals surface area contributed by atoms with Gasteiger partial charge in [-0.25, -0.2) is 0 Å². The molecule has 0 aromatic heterocycles. The van der Waals surface area contributed by atoms with Gasteiger partial charge in [0.25, 0.3) is 11.8 Å². The second-order valence-corrected chi connectivity index (χ2v) is 7.28. The first-order valence-corrected chi connectivity index (χ1v) is 9.15. The molecule has 0 radical (unpaired) electrons. The van der Waals surface area contributed by atoms with Crippen molar-refractivity contribution in [3.63, 3.8) is 0 Å². The number of anilines is 1. The van der Waals surface area contributed by atoms with Crippen molar-refractivity contribution in [2.45, 2.75) is 32.8 Å². The van der Waals surface area contributed by atoms with Gasteiger partial charge in [0.05, 0.1) is 10.6 Å². The summed E-state index contributed by atoms with van der Waals surface area (Å²) in [7, 11) is 3.31. The lowest BCUT2D eigenvalue weighted by atomic mass is 10.0. The Morgan fingerprint density at radius 1 is 1.07 bits per heavy atom. The van der Waals surface area contributed by atoms with Crippen LogP contribution in [0.5, 0.6) is 5.75 Å². The van der Waals surface area contributed by atoms with E-state index in [9.17, 15) is 9.59 Å². The van der Waals surface area contributed by atoms with Crippen LogP contribution in [0.15, 0.2) is 42.5 Å². The fourth-order valence-electron chi connectivity index (χ4n) is 2.46. The summed E-state index contributed by atoms with van der Waals surface area (Å²) in [6, 6.07) is 12.5. The third kappa shape index (κ3) is 5.47. The van der Waals surface area contributed by atoms with Crippen molar-refractivity contribution < 1.29 is 14.3 Å². The van der Waals surface area contributed by atoms with Crippen molar-refractivity contribution in [2.24, 2.45) is 0 Å². The molecule has 1 unspecified atom stereocenters. The van der Waals surface area contributed by atoms with Crippen LogP contribution in [0.25, 0.3) is 0 Å². The third-order valence-electron chi connectivity index (χ3n) is 4.08. The van der Waals surface area contributed by atoms with Crippen LogP contribution in [-0.4, -0.2) is 36.9 Å². The maximum Gasteiger partial charge on any atom is 0.265 e. The minimum Gasteiger partial charge on any atom is -0.481 e. The number of rotatable bonds is 6. The highest BCUT2D eigenvalue weighted by Gasteiger charge is 2.17. The number of benzene rings is 2. The van der Waals surface area contributed by atoms with E-state index >= 15 is 0 Å². The molecule has 27 heavy (non-hydrogen) atoms. The Morgan fingerprint density at radius 2 is 1.78 bits per heavy atom. The molecule has 0 heterocycles. The average molecular weight is 389 g/mol. The van der Waals surface area contributed by atoms with E-state index in [2.05, 4.69) is 19.2 Å². The van der Waals surface area contributed by atoms with Gasteiger partial charge in [-0.15, -0.1) is 0 Å². The summed E-state index contributed by atoms with van der Waals surface area (Å²) in [5, 5.41) is 3.04. The van der Waals surface area contributed by atoms with Crippen molar-refractivity contribution in [1.82, 2.24) is 4.90 Å². The third-order valence-corrected chi connectivity index (χ3v) is 4.39. The normalized spacial score (nSPS) is 11.8. The van der Waals surface area contributed by atoms with E-state index in [-0.39, 0.29) is 16.8 Å². The molecular formula is C21H25ClN2O3. The number of ether oxygens (including phenoxy) is 1. The van der Waals surface area contributed by atoms with Crippen LogP contribution >= 0.6 is 11.6 Å². The molecule has 1 N–H and O–H groups in total. The van der Waals surface area contributed by atoms with E-state index in [1.165, 1.54) is 4.90 Å². The first-order chi connectivity index (χ1) is 12.7. The smallest absolute Gasteiger partial charge is 0.265 e. The number of nitrogens with zero attached hydrogens (tertiary/aromatic N) is 1. The quantitative estimate of drug-likeness (QED) is 0.788. The molecule has 2 amide bonds. The molecule has 0 fully saturated rings. The standard InChI is InChI=1S/C21H25ClN2O3/c1-13(2)15-7-6-8-17(11-15)27-14(3)20(25)23-16-9-10-18(19(22)12-16)21(26)24(4)5/h6-14H,1-5H3,(H,23,25). The molecule has 0 saturated carbocycles. The fraction of sp³-hybridized carbons (Fsp3) is 0.333. The summed E-state index contributed by atoms with van der Waals surface area (Å²) < 4.78 is 5.76. The minimum atomic E-state index is -0.686. The van der Waals surface area contributed by atoms with Gasteiger partial charge in [0.15, 0.2) is 6.10 Å². The van der Waals surface area contributed by atoms with Crippen LogP contribution in [0.4, 0.5) is 5.69 Å². The lowest BCUT2D eigenvalue weighted by Gasteiger charge is -2.17. The Balaban J connectivity index is 2.05. The summed E-state index contributed by atoms with van der Waals surface area (Å²) in [5.41, 5.74) is 2.04. The second kappa shape index (κ2) is 8.91. The predicted molar refractivity (Wildman–Crippen MR) is 109 cm³/mol. The van der Waals surface area contributed by atoms with E-state index in [1.54, 1.807) is 39.2 Å². The zero-order chi connectivity index (χ0) is 20.1. The summed E-state index contributed by atoms with van der Waals surface area (Å²) in [6.07, 6.45) is -0.686. The largest absolute Gasteiger partial charge is 0.481 e. The van der Waals surface area contributed by atoms with Crippen molar-refractivity contribution in [3.8, 4) is 5.75 Å². The Bertz CT molecular complexity index is 834. The molecule has 5 nitrogen and oxygen atoms in total. The van der Waals surface area contributed by atoms with Gasteiger partial charge < -0.3 is 15.0 Å². The molecule has 2 aromatic rings. The molecule has 6 heteroatoms. The number of hydrogen-bond donors (Lipinski definition) is 1. The Kier molecular flexibility index (Phi) is 6.86. The van der Waals surface area contributed by atoms with Gasteiger partial charge in [-0.05, 0) is 48.7 Å². The van der Waals surface area contributed by atoms with Gasteiger partial charge in [0.1, 0.15) is 5.75 Å². The van der Waals surface area contributed by atoms with E-state index < -0.39 is 6.10 Å². The number of amides is 2. The molecule has 2 rings (SSSR count). The maximum absolute atomic E-state index is 12.4. The van der Waals surface area contributed by atoms with Crippen LogP contribution in [0, 0.1) is 0 Å². The summed E-state index contributed by atoms with van der Waals surface area (Å²) in [5.74, 6) is 0.532. The maximum atomic E-state index is 12.4. The second-order valence-electron chi connectivity index (χ2n) is 6.87. The van der Waals surface area contributed by atoms with Crippen LogP contribution in [0.3, 0.4) is 0 Å². The SMILES string of the molecule is CC(Oc1cccc(C(C)C)c1)C(=O)Nc1ccc(C(=O)N(C)C)c(Cl)c1. The highest BCUT2D eigenvalue weighted by molar-refractivity contribution is 6.34. The lowest BCUT2D eigenvalue weighted by Crippen LogP contribution is -2.30. The van der Waals surface area contributed by atoms with Crippen LogP contribution < -0.4 is 10.1 Å². The van der Waals surface area contributed by atoms with Crippen LogP contribution in [-0.2, 0) is 4.79 Å². The van der Waals surface area contributed by atoms with Gasteiger partial charge >= 0.3 is 0 Å². The topological polar surface area (TPSA) is 58.6 Å². The highest BCUT2D eigenvalue weighted by Crippen LogP contribution is 2.23. The van der Waals surface area contributed by atoms with Crippen molar-refractivity contribution in [1.29, 1.82) is 0 Å². The zero-order valence-electron chi connectivity index (χ0n) is 16.2. The van der Waals surface area contributed by atoms with E-state index in [4.69, 9.17) is 16.3 Å². The molecule has 0 bridgehead atoms. The van der Waals surface area contributed by atoms with E-state index in [0.29, 0.717) is 22.9 Å². The van der Waals surface area contributed by atoms with Crippen LogP contribution in [0.2, 0.25) is 5.02 Å².